The van der Waals surface area contributed by atoms with Crippen molar-refractivity contribution < 1.29 is 9.15 Å². The molecule has 0 radical (unpaired) electrons. The normalized spacial score (nSPS) is 23.3. The van der Waals surface area contributed by atoms with E-state index in [1.165, 1.54) is 4.68 Å². The number of morpholine rings is 1. The number of nitrogens with zero attached hydrogens (tertiary/aromatic N) is 3. The van der Waals surface area contributed by atoms with Gasteiger partial charge < -0.3 is 9.15 Å². The third-order valence-corrected chi connectivity index (χ3v) is 3.46. The molecule has 2 heterocycles. The summed E-state index contributed by atoms with van der Waals surface area (Å²) < 4.78 is 12.3. The summed E-state index contributed by atoms with van der Waals surface area (Å²) in [6.07, 6.45) is 0.315. The van der Waals surface area contributed by atoms with Crippen LogP contribution in [0.5, 0.6) is 0 Å². The quantitative estimate of drug-likeness (QED) is 0.858. The maximum atomic E-state index is 11.9. The van der Waals surface area contributed by atoms with Crippen LogP contribution in [0.2, 0.25) is 0 Å². The van der Waals surface area contributed by atoms with Gasteiger partial charge in [0.2, 0.25) is 5.89 Å². The Balaban J connectivity index is 1.78. The third kappa shape index (κ3) is 3.22. The van der Waals surface area contributed by atoms with E-state index in [1.807, 2.05) is 44.2 Å². The van der Waals surface area contributed by atoms with Crippen LogP contribution in [-0.4, -0.2) is 40.0 Å². The van der Waals surface area contributed by atoms with Gasteiger partial charge in [-0.1, -0.05) is 18.2 Å². The molecule has 6 nitrogen and oxygen atoms in total. The Morgan fingerprint density at radius 1 is 1.19 bits per heavy atom. The molecule has 0 N–H and O–H groups in total. The Morgan fingerprint density at radius 3 is 2.52 bits per heavy atom. The van der Waals surface area contributed by atoms with Crippen molar-refractivity contribution in [1.82, 2.24) is 14.7 Å². The lowest BCUT2D eigenvalue weighted by molar-refractivity contribution is -0.0780. The fraction of sp³-hybridized carbons (Fsp3) is 0.467. The largest absolute Gasteiger partial charge is 0.438 e. The predicted octanol–water partition coefficient (Wildman–Crippen LogP) is 1.57. The van der Waals surface area contributed by atoms with Crippen molar-refractivity contribution in [2.75, 3.05) is 13.1 Å². The van der Waals surface area contributed by atoms with Crippen LogP contribution in [0.25, 0.3) is 11.5 Å². The van der Waals surface area contributed by atoms with Crippen molar-refractivity contribution in [2.45, 2.75) is 32.7 Å². The Hall–Kier alpha value is -1.92. The fourth-order valence-electron chi connectivity index (χ4n) is 2.68. The number of aromatic nitrogens is 2. The van der Waals surface area contributed by atoms with Gasteiger partial charge in [0.25, 0.3) is 0 Å². The lowest BCUT2D eigenvalue weighted by Gasteiger charge is -2.34. The van der Waals surface area contributed by atoms with Gasteiger partial charge in [0.15, 0.2) is 0 Å². The highest BCUT2D eigenvalue weighted by Gasteiger charge is 2.23. The van der Waals surface area contributed by atoms with E-state index in [1.54, 1.807) is 0 Å². The van der Waals surface area contributed by atoms with Crippen LogP contribution in [-0.2, 0) is 11.4 Å². The molecule has 3 rings (SSSR count). The molecule has 2 aromatic rings. The molecule has 0 saturated carbocycles. The van der Waals surface area contributed by atoms with Crippen molar-refractivity contribution in [3.05, 3.63) is 40.9 Å². The molecule has 0 amide bonds. The smallest absolute Gasteiger partial charge is 0.388 e. The van der Waals surface area contributed by atoms with Crippen LogP contribution >= 0.6 is 0 Å². The number of ether oxygens (including phenoxy) is 1. The number of hydrogen-bond acceptors (Lipinski definition) is 5. The summed E-state index contributed by atoms with van der Waals surface area (Å²) in [5, 5.41) is 4.28. The van der Waals surface area contributed by atoms with E-state index in [2.05, 4.69) is 10.00 Å². The summed E-state index contributed by atoms with van der Waals surface area (Å²) in [7, 11) is 0. The second kappa shape index (κ2) is 5.83. The van der Waals surface area contributed by atoms with Crippen molar-refractivity contribution in [3.63, 3.8) is 0 Å². The van der Waals surface area contributed by atoms with E-state index in [9.17, 15) is 4.79 Å². The van der Waals surface area contributed by atoms with Crippen LogP contribution in [0.15, 0.2) is 39.5 Å². The highest BCUT2D eigenvalue weighted by molar-refractivity contribution is 5.51. The molecule has 1 aliphatic heterocycles. The van der Waals surface area contributed by atoms with Crippen molar-refractivity contribution in [3.8, 4) is 11.5 Å². The zero-order valence-electron chi connectivity index (χ0n) is 12.2. The van der Waals surface area contributed by atoms with Crippen LogP contribution in [0.1, 0.15) is 13.8 Å². The Kier molecular flexibility index (Phi) is 3.90. The highest BCUT2D eigenvalue weighted by Crippen LogP contribution is 2.15. The second-order valence-corrected chi connectivity index (χ2v) is 5.47. The topological polar surface area (TPSA) is 60.5 Å². The summed E-state index contributed by atoms with van der Waals surface area (Å²) in [6, 6.07) is 9.43. The molecular weight excluding hydrogens is 270 g/mol. The first-order valence-electron chi connectivity index (χ1n) is 7.13. The molecule has 1 fully saturated rings. The molecule has 2 atom stereocenters. The Morgan fingerprint density at radius 2 is 1.86 bits per heavy atom. The summed E-state index contributed by atoms with van der Waals surface area (Å²) in [4.78, 5) is 14.1. The van der Waals surface area contributed by atoms with Crippen LogP contribution < -0.4 is 5.76 Å². The number of benzene rings is 1. The molecule has 1 aliphatic rings. The molecule has 0 bridgehead atoms. The van der Waals surface area contributed by atoms with Gasteiger partial charge in [-0.05, 0) is 26.0 Å². The monoisotopic (exact) mass is 289 g/mol. The highest BCUT2D eigenvalue weighted by atomic mass is 16.5. The Labute approximate surface area is 122 Å². The van der Waals surface area contributed by atoms with Gasteiger partial charge in [-0.3, -0.25) is 4.90 Å². The SMILES string of the molecule is C[C@@H]1CN(Cn2nc(-c3ccccc3)oc2=O)C[C@H](C)O1. The number of hydrogen-bond donors (Lipinski definition) is 0. The van der Waals surface area contributed by atoms with Crippen molar-refractivity contribution >= 4 is 0 Å². The van der Waals surface area contributed by atoms with Crippen LogP contribution in [0.3, 0.4) is 0 Å². The first kappa shape index (κ1) is 14.0. The molecule has 6 heteroatoms. The second-order valence-electron chi connectivity index (χ2n) is 5.47. The molecular formula is C15H19N3O3. The molecule has 21 heavy (non-hydrogen) atoms. The average molecular weight is 289 g/mol. The lowest BCUT2D eigenvalue weighted by atomic mass is 10.2. The predicted molar refractivity (Wildman–Crippen MR) is 77.8 cm³/mol. The van der Waals surface area contributed by atoms with Crippen molar-refractivity contribution in [2.24, 2.45) is 0 Å². The van der Waals surface area contributed by atoms with Crippen LogP contribution in [0, 0.1) is 0 Å². The van der Waals surface area contributed by atoms with E-state index in [4.69, 9.17) is 9.15 Å². The van der Waals surface area contributed by atoms with E-state index in [0.717, 1.165) is 18.7 Å². The average Bonchev–Trinajstić information content (AvgIpc) is 2.80. The zero-order valence-corrected chi connectivity index (χ0v) is 12.2. The molecule has 1 aromatic carbocycles. The Bertz CT molecular complexity index is 640. The summed E-state index contributed by atoms with van der Waals surface area (Å²) in [5.74, 6) is -0.0735. The molecule has 1 aromatic heterocycles. The minimum absolute atomic E-state index is 0.157. The maximum absolute atomic E-state index is 11.9. The molecule has 0 aliphatic carbocycles. The zero-order chi connectivity index (χ0) is 14.8. The van der Waals surface area contributed by atoms with Gasteiger partial charge in [0, 0.05) is 18.7 Å². The van der Waals surface area contributed by atoms with Gasteiger partial charge in [-0.15, -0.1) is 5.10 Å². The molecule has 0 unspecified atom stereocenters. The molecule has 0 spiro atoms. The standard InChI is InChI=1S/C15H19N3O3/c1-11-8-17(9-12(2)20-11)10-18-15(19)21-14(16-18)13-6-4-3-5-7-13/h3-7,11-12H,8-10H2,1-2H3/t11-,12+. The minimum atomic E-state index is -0.430. The summed E-state index contributed by atoms with van der Waals surface area (Å²) in [6.45, 7) is 6.05. The molecule has 112 valence electrons. The van der Waals surface area contributed by atoms with Gasteiger partial charge in [0.1, 0.15) is 6.67 Å². The van der Waals surface area contributed by atoms with E-state index >= 15 is 0 Å². The maximum Gasteiger partial charge on any atom is 0.438 e. The summed E-state index contributed by atoms with van der Waals surface area (Å²) >= 11 is 0. The van der Waals surface area contributed by atoms with E-state index < -0.39 is 5.76 Å². The minimum Gasteiger partial charge on any atom is -0.388 e. The third-order valence-electron chi connectivity index (χ3n) is 3.46. The van der Waals surface area contributed by atoms with E-state index in [0.29, 0.717) is 12.6 Å². The number of rotatable bonds is 3. The lowest BCUT2D eigenvalue weighted by Crippen LogP contribution is -2.47. The van der Waals surface area contributed by atoms with Crippen LogP contribution in [0.4, 0.5) is 0 Å². The van der Waals surface area contributed by atoms with Crippen molar-refractivity contribution in [1.29, 1.82) is 0 Å². The first-order valence-corrected chi connectivity index (χ1v) is 7.13. The van der Waals surface area contributed by atoms with Gasteiger partial charge in [-0.25, -0.2) is 4.79 Å². The van der Waals surface area contributed by atoms with Gasteiger partial charge >= 0.3 is 5.76 Å². The molecule has 1 saturated heterocycles. The van der Waals surface area contributed by atoms with Gasteiger partial charge in [0.05, 0.1) is 12.2 Å². The van der Waals surface area contributed by atoms with Gasteiger partial charge in [-0.2, -0.15) is 4.68 Å². The first-order chi connectivity index (χ1) is 10.1. The fourth-order valence-corrected chi connectivity index (χ4v) is 2.68. The van der Waals surface area contributed by atoms with E-state index in [-0.39, 0.29) is 12.2 Å². The summed E-state index contributed by atoms with van der Waals surface area (Å²) in [5.41, 5.74) is 0.803.